The zero-order valence-electron chi connectivity index (χ0n) is 21.8. The molecule has 1 saturated carbocycles. The minimum absolute atomic E-state index is 0.162. The van der Waals surface area contributed by atoms with Gasteiger partial charge in [-0.25, -0.2) is 18.4 Å². The SMILES string of the molecule is CN(c1ncccc1Cn1ccc2cnc(Nc3ccc(N(C)[C@H]4CC[C@H](O)CC4)cc3)nc21)S(C)(=O)=O. The molecule has 2 N–H and O–H groups in total. The van der Waals surface area contributed by atoms with E-state index in [1.54, 1.807) is 18.5 Å². The van der Waals surface area contributed by atoms with E-state index in [9.17, 15) is 13.5 Å². The Balaban J connectivity index is 1.33. The second kappa shape index (κ2) is 10.6. The molecule has 5 rings (SSSR count). The molecule has 0 saturated heterocycles. The van der Waals surface area contributed by atoms with Crippen LogP contribution in [0.15, 0.2) is 61.1 Å². The molecule has 11 heteroatoms. The lowest BCUT2D eigenvalue weighted by molar-refractivity contribution is 0.122. The van der Waals surface area contributed by atoms with Crippen molar-refractivity contribution in [2.45, 2.75) is 44.4 Å². The number of nitrogens with one attached hydrogen (secondary N) is 1. The molecule has 1 aliphatic rings. The van der Waals surface area contributed by atoms with Crippen LogP contribution in [-0.4, -0.2) is 65.5 Å². The number of hydrogen-bond donors (Lipinski definition) is 2. The highest BCUT2D eigenvalue weighted by Crippen LogP contribution is 2.28. The molecular weight excluding hydrogens is 502 g/mol. The summed E-state index contributed by atoms with van der Waals surface area (Å²) in [6.07, 6.45) is 9.97. The number of nitrogens with zero attached hydrogens (tertiary/aromatic N) is 6. The lowest BCUT2D eigenvalue weighted by Gasteiger charge is -2.34. The zero-order chi connectivity index (χ0) is 26.9. The standard InChI is InChI=1S/C27H33N7O3S/c1-32(23-10-12-24(35)13-11-23)22-8-6-21(7-9-22)30-27-29-17-19-14-16-34(26(19)31-27)18-20-5-4-15-28-25(20)33(2)38(3,36)37/h4-9,14-17,23-24,35H,10-13,18H2,1-3H3,(H,29,30,31)/t23-,24-. The first-order valence-electron chi connectivity index (χ1n) is 12.7. The van der Waals surface area contributed by atoms with Crippen molar-refractivity contribution in [3.63, 3.8) is 0 Å². The highest BCUT2D eigenvalue weighted by molar-refractivity contribution is 7.92. The van der Waals surface area contributed by atoms with Crippen molar-refractivity contribution >= 4 is 44.2 Å². The average Bonchev–Trinajstić information content (AvgIpc) is 3.30. The van der Waals surface area contributed by atoms with E-state index in [0.29, 0.717) is 24.4 Å². The van der Waals surface area contributed by atoms with Crippen LogP contribution in [0.5, 0.6) is 0 Å². The number of aliphatic hydroxyl groups is 1. The molecule has 0 bridgehead atoms. The molecule has 38 heavy (non-hydrogen) atoms. The Hall–Kier alpha value is -3.70. The van der Waals surface area contributed by atoms with E-state index < -0.39 is 10.0 Å². The van der Waals surface area contributed by atoms with Crippen LogP contribution < -0.4 is 14.5 Å². The van der Waals surface area contributed by atoms with Crippen LogP contribution in [0.3, 0.4) is 0 Å². The maximum atomic E-state index is 12.1. The minimum Gasteiger partial charge on any atom is -0.393 e. The summed E-state index contributed by atoms with van der Waals surface area (Å²) in [5, 5.41) is 14.0. The predicted octanol–water partition coefficient (Wildman–Crippen LogP) is 3.75. The van der Waals surface area contributed by atoms with Crippen molar-refractivity contribution in [1.29, 1.82) is 0 Å². The quantitative estimate of drug-likeness (QED) is 0.350. The van der Waals surface area contributed by atoms with Crippen molar-refractivity contribution in [2.75, 3.05) is 34.9 Å². The summed E-state index contributed by atoms with van der Waals surface area (Å²) < 4.78 is 27.4. The second-order valence-corrected chi connectivity index (χ2v) is 11.9. The van der Waals surface area contributed by atoms with Gasteiger partial charge in [0.1, 0.15) is 11.5 Å². The smallest absolute Gasteiger partial charge is 0.233 e. The molecule has 1 fully saturated rings. The summed E-state index contributed by atoms with van der Waals surface area (Å²) in [5.74, 6) is 0.859. The maximum absolute atomic E-state index is 12.1. The zero-order valence-corrected chi connectivity index (χ0v) is 22.6. The van der Waals surface area contributed by atoms with E-state index in [4.69, 9.17) is 4.98 Å². The second-order valence-electron chi connectivity index (χ2n) is 9.88. The molecule has 3 aromatic heterocycles. The predicted molar refractivity (Wildman–Crippen MR) is 151 cm³/mol. The van der Waals surface area contributed by atoms with E-state index in [-0.39, 0.29) is 6.10 Å². The van der Waals surface area contributed by atoms with Gasteiger partial charge in [0.2, 0.25) is 16.0 Å². The molecule has 200 valence electrons. The molecule has 1 aliphatic carbocycles. The van der Waals surface area contributed by atoms with Crippen LogP contribution in [0.2, 0.25) is 0 Å². The average molecular weight is 536 g/mol. The van der Waals surface area contributed by atoms with Gasteiger partial charge in [0.25, 0.3) is 0 Å². The van der Waals surface area contributed by atoms with Crippen molar-refractivity contribution < 1.29 is 13.5 Å². The largest absolute Gasteiger partial charge is 0.393 e. The van der Waals surface area contributed by atoms with E-state index in [2.05, 4.69) is 39.4 Å². The van der Waals surface area contributed by atoms with Crippen LogP contribution in [0, 0.1) is 0 Å². The van der Waals surface area contributed by atoms with E-state index in [0.717, 1.165) is 59.9 Å². The maximum Gasteiger partial charge on any atom is 0.233 e. The van der Waals surface area contributed by atoms with Gasteiger partial charge < -0.3 is 19.9 Å². The molecule has 0 atom stereocenters. The lowest BCUT2D eigenvalue weighted by atomic mass is 9.92. The third kappa shape index (κ3) is 5.58. The number of rotatable bonds is 8. The third-order valence-electron chi connectivity index (χ3n) is 7.25. The van der Waals surface area contributed by atoms with Crippen LogP contribution in [-0.2, 0) is 16.6 Å². The minimum atomic E-state index is -3.45. The number of pyridine rings is 1. The van der Waals surface area contributed by atoms with Crippen molar-refractivity contribution in [1.82, 2.24) is 19.5 Å². The molecule has 0 spiro atoms. The number of aliphatic hydroxyl groups excluding tert-OH is 1. The van der Waals surface area contributed by atoms with Crippen LogP contribution >= 0.6 is 0 Å². The number of fused-ring (bicyclic) bond motifs is 1. The Morgan fingerprint density at radius 1 is 1.05 bits per heavy atom. The number of hydrogen-bond acceptors (Lipinski definition) is 8. The van der Waals surface area contributed by atoms with Crippen molar-refractivity contribution in [2.24, 2.45) is 0 Å². The molecule has 0 radical (unpaired) electrons. The summed E-state index contributed by atoms with van der Waals surface area (Å²) in [5.41, 5.74) is 3.50. The Morgan fingerprint density at radius 2 is 1.79 bits per heavy atom. The van der Waals surface area contributed by atoms with Gasteiger partial charge in [-0.05, 0) is 62.1 Å². The Bertz CT molecular complexity index is 1510. The third-order valence-corrected chi connectivity index (χ3v) is 8.42. The summed E-state index contributed by atoms with van der Waals surface area (Å²) in [6.45, 7) is 0.405. The molecule has 1 aromatic carbocycles. The van der Waals surface area contributed by atoms with Gasteiger partial charge in [-0.2, -0.15) is 4.98 Å². The van der Waals surface area contributed by atoms with Crippen LogP contribution in [0.4, 0.5) is 23.1 Å². The molecule has 0 amide bonds. The van der Waals surface area contributed by atoms with Gasteiger partial charge >= 0.3 is 0 Å². The van der Waals surface area contributed by atoms with Gasteiger partial charge in [0.15, 0.2) is 0 Å². The fraction of sp³-hybridized carbons (Fsp3) is 0.370. The molecule has 4 aromatic rings. The van der Waals surface area contributed by atoms with E-state index in [1.807, 2.05) is 35.0 Å². The fourth-order valence-electron chi connectivity index (χ4n) is 4.90. The number of aromatic nitrogens is 4. The summed E-state index contributed by atoms with van der Waals surface area (Å²) in [7, 11) is 0.165. The summed E-state index contributed by atoms with van der Waals surface area (Å²) >= 11 is 0. The highest BCUT2D eigenvalue weighted by Gasteiger charge is 2.23. The van der Waals surface area contributed by atoms with Crippen LogP contribution in [0.1, 0.15) is 31.2 Å². The number of sulfonamides is 1. The van der Waals surface area contributed by atoms with Gasteiger partial charge in [-0.1, -0.05) is 6.07 Å². The number of anilines is 4. The first kappa shape index (κ1) is 25.9. The topological polar surface area (TPSA) is 116 Å². The van der Waals surface area contributed by atoms with Gasteiger partial charge in [-0.3, -0.25) is 4.31 Å². The first-order chi connectivity index (χ1) is 18.2. The van der Waals surface area contributed by atoms with Crippen LogP contribution in [0.25, 0.3) is 11.0 Å². The van der Waals surface area contributed by atoms with E-state index in [1.165, 1.54) is 11.4 Å². The molecule has 10 nitrogen and oxygen atoms in total. The summed E-state index contributed by atoms with van der Waals surface area (Å²) in [4.78, 5) is 15.8. The van der Waals surface area contributed by atoms with E-state index >= 15 is 0 Å². The molecular formula is C27H33N7O3S. The highest BCUT2D eigenvalue weighted by atomic mass is 32.2. The molecule has 3 heterocycles. The Kier molecular flexibility index (Phi) is 7.22. The van der Waals surface area contributed by atoms with Gasteiger partial charge in [0.05, 0.1) is 18.9 Å². The molecule has 0 aliphatic heterocycles. The fourth-order valence-corrected chi connectivity index (χ4v) is 5.38. The van der Waals surface area contributed by atoms with Crippen molar-refractivity contribution in [3.8, 4) is 0 Å². The monoisotopic (exact) mass is 535 g/mol. The first-order valence-corrected chi connectivity index (χ1v) is 14.5. The van der Waals surface area contributed by atoms with Crippen molar-refractivity contribution in [3.05, 3.63) is 66.6 Å². The van der Waals surface area contributed by atoms with Gasteiger partial charge in [0, 0.05) is 61.1 Å². The lowest BCUT2D eigenvalue weighted by Crippen LogP contribution is -2.36. The van der Waals surface area contributed by atoms with Gasteiger partial charge in [-0.15, -0.1) is 0 Å². The Labute approximate surface area is 223 Å². The summed E-state index contributed by atoms with van der Waals surface area (Å²) in [6, 6.07) is 14.2. The Morgan fingerprint density at radius 3 is 2.50 bits per heavy atom. The molecule has 0 unspecified atom stereocenters. The number of benzene rings is 1. The normalized spacial score (nSPS) is 17.9.